The summed E-state index contributed by atoms with van der Waals surface area (Å²) >= 11 is 0. The van der Waals surface area contributed by atoms with E-state index in [1.807, 2.05) is 43.4 Å². The number of esters is 1. The first-order valence-electron chi connectivity index (χ1n) is 10.6. The minimum Gasteiger partial charge on any atom is -0.495 e. The zero-order valence-electron chi connectivity index (χ0n) is 19.1. The number of nitrogens with zero attached hydrogens (tertiary/aromatic N) is 2. The maximum Gasteiger partial charge on any atom is 0.340 e. The number of amides is 1. The van der Waals surface area contributed by atoms with Crippen molar-refractivity contribution < 1.29 is 23.9 Å². The van der Waals surface area contributed by atoms with Crippen LogP contribution < -0.4 is 10.1 Å². The third-order valence-electron chi connectivity index (χ3n) is 6.11. The number of ketones is 1. The molecule has 1 fully saturated rings. The molecule has 1 aliphatic heterocycles. The number of nitrogens with one attached hydrogen (secondary N) is 1. The Morgan fingerprint density at radius 3 is 2.61 bits per heavy atom. The molecule has 1 saturated heterocycles. The Hall–Kier alpha value is -2.87. The fourth-order valence-corrected chi connectivity index (χ4v) is 4.22. The van der Waals surface area contributed by atoms with Gasteiger partial charge in [0.2, 0.25) is 5.91 Å². The van der Waals surface area contributed by atoms with Gasteiger partial charge in [-0.15, -0.1) is 0 Å². The SMILES string of the molecule is CCOC(=O)c1c(C)n(C)c2ccc(OC)c(NC(=O)CN3C[C@@H](C)C(=O)C[C@H]3C)c12. The molecule has 8 heteroatoms. The number of carbonyl (C=O) groups is 3. The van der Waals surface area contributed by atoms with Crippen LogP contribution in [0.2, 0.25) is 0 Å². The summed E-state index contributed by atoms with van der Waals surface area (Å²) in [5.74, 6) is -0.0577. The number of aromatic nitrogens is 1. The number of anilines is 1. The fourth-order valence-electron chi connectivity index (χ4n) is 4.22. The molecule has 0 aliphatic carbocycles. The molecule has 0 radical (unpaired) electrons. The molecule has 3 rings (SSSR count). The van der Waals surface area contributed by atoms with E-state index in [0.717, 1.165) is 11.2 Å². The van der Waals surface area contributed by atoms with Crippen LogP contribution in [0.4, 0.5) is 5.69 Å². The van der Waals surface area contributed by atoms with E-state index >= 15 is 0 Å². The average Bonchev–Trinajstić information content (AvgIpc) is 2.97. The molecule has 1 amide bonds. The van der Waals surface area contributed by atoms with Gasteiger partial charge in [0.1, 0.15) is 11.5 Å². The van der Waals surface area contributed by atoms with Gasteiger partial charge < -0.3 is 19.4 Å². The molecule has 1 aromatic carbocycles. The normalized spacial score (nSPS) is 19.5. The summed E-state index contributed by atoms with van der Waals surface area (Å²) in [6.45, 7) is 8.40. The van der Waals surface area contributed by atoms with E-state index in [0.29, 0.717) is 35.4 Å². The number of piperidine rings is 1. The van der Waals surface area contributed by atoms with Crippen LogP contribution in [-0.4, -0.2) is 60.0 Å². The van der Waals surface area contributed by atoms with Crippen LogP contribution in [0.5, 0.6) is 5.75 Å². The van der Waals surface area contributed by atoms with Crippen molar-refractivity contribution in [3.63, 3.8) is 0 Å². The quantitative estimate of drug-likeness (QED) is 0.710. The second-order valence-corrected chi connectivity index (χ2v) is 8.17. The summed E-state index contributed by atoms with van der Waals surface area (Å²) < 4.78 is 12.7. The van der Waals surface area contributed by atoms with Gasteiger partial charge in [-0.05, 0) is 32.9 Å². The standard InChI is InChI=1S/C23H31N3O5/c1-7-31-23(29)20-15(4)25(5)16-8-9-18(30-6)22(21(16)20)24-19(28)12-26-11-13(2)17(27)10-14(26)3/h8-9,13-14H,7,10-12H2,1-6H3,(H,24,28)/t13-,14-/m1/s1. The monoisotopic (exact) mass is 429 g/mol. The van der Waals surface area contributed by atoms with Crippen molar-refractivity contribution in [3.8, 4) is 5.75 Å². The largest absolute Gasteiger partial charge is 0.495 e. The zero-order valence-corrected chi connectivity index (χ0v) is 19.1. The van der Waals surface area contributed by atoms with Crippen molar-refractivity contribution >= 4 is 34.3 Å². The molecule has 1 N–H and O–H groups in total. The van der Waals surface area contributed by atoms with Crippen LogP contribution >= 0.6 is 0 Å². The van der Waals surface area contributed by atoms with E-state index in [-0.39, 0.29) is 36.8 Å². The molecule has 0 saturated carbocycles. The molecule has 8 nitrogen and oxygen atoms in total. The summed E-state index contributed by atoms with van der Waals surface area (Å²) in [7, 11) is 3.39. The van der Waals surface area contributed by atoms with Gasteiger partial charge in [0.05, 0.1) is 37.0 Å². The number of carbonyl (C=O) groups excluding carboxylic acids is 3. The number of likely N-dealkylation sites (tertiary alicyclic amines) is 1. The molecule has 168 valence electrons. The predicted octanol–water partition coefficient (Wildman–Crippen LogP) is 2.91. The number of fused-ring (bicyclic) bond motifs is 1. The third-order valence-corrected chi connectivity index (χ3v) is 6.11. The summed E-state index contributed by atoms with van der Waals surface area (Å²) in [5.41, 5.74) is 2.40. The molecule has 31 heavy (non-hydrogen) atoms. The highest BCUT2D eigenvalue weighted by molar-refractivity contribution is 6.14. The highest BCUT2D eigenvalue weighted by Crippen LogP contribution is 2.38. The van der Waals surface area contributed by atoms with E-state index in [9.17, 15) is 14.4 Å². The number of hydrogen-bond donors (Lipinski definition) is 1. The van der Waals surface area contributed by atoms with Gasteiger partial charge in [-0.3, -0.25) is 14.5 Å². The molecule has 1 aliphatic rings. The van der Waals surface area contributed by atoms with Crippen LogP contribution in [0.25, 0.3) is 10.9 Å². The van der Waals surface area contributed by atoms with Crippen molar-refractivity contribution in [2.75, 3.05) is 32.1 Å². The zero-order chi connectivity index (χ0) is 22.9. The molecular weight excluding hydrogens is 398 g/mol. The van der Waals surface area contributed by atoms with Gasteiger partial charge in [-0.1, -0.05) is 6.92 Å². The Kier molecular flexibility index (Phi) is 6.69. The maximum atomic E-state index is 13.0. The van der Waals surface area contributed by atoms with E-state index in [2.05, 4.69) is 5.32 Å². The second-order valence-electron chi connectivity index (χ2n) is 8.17. The Balaban J connectivity index is 1.99. The van der Waals surface area contributed by atoms with E-state index < -0.39 is 5.97 Å². The molecule has 0 unspecified atom stereocenters. The summed E-state index contributed by atoms with van der Waals surface area (Å²) in [4.78, 5) is 39.7. The number of methoxy groups -OCH3 is 1. The highest BCUT2D eigenvalue weighted by Gasteiger charge is 2.31. The van der Waals surface area contributed by atoms with Crippen LogP contribution in [0, 0.1) is 12.8 Å². The molecular formula is C23H31N3O5. The number of benzene rings is 1. The van der Waals surface area contributed by atoms with E-state index in [1.165, 1.54) is 7.11 Å². The van der Waals surface area contributed by atoms with Crippen molar-refractivity contribution in [2.45, 2.75) is 40.2 Å². The van der Waals surface area contributed by atoms with Crippen molar-refractivity contribution in [2.24, 2.45) is 13.0 Å². The van der Waals surface area contributed by atoms with E-state index in [1.54, 1.807) is 13.0 Å². The van der Waals surface area contributed by atoms with E-state index in [4.69, 9.17) is 9.47 Å². The average molecular weight is 430 g/mol. The fraction of sp³-hybridized carbons (Fsp3) is 0.522. The number of Topliss-reactive ketones (excluding diaryl/α,β-unsaturated/α-hetero) is 1. The van der Waals surface area contributed by atoms with Crippen LogP contribution in [0.15, 0.2) is 12.1 Å². The number of rotatable bonds is 6. The van der Waals surface area contributed by atoms with Gasteiger partial charge in [0, 0.05) is 43.1 Å². The lowest BCUT2D eigenvalue weighted by atomic mass is 9.93. The number of aryl methyl sites for hydroxylation is 1. The summed E-state index contributed by atoms with van der Waals surface area (Å²) in [6, 6.07) is 3.64. The topological polar surface area (TPSA) is 89.9 Å². The lowest BCUT2D eigenvalue weighted by molar-refractivity contribution is -0.129. The molecule has 1 aromatic heterocycles. The molecule has 0 bridgehead atoms. The van der Waals surface area contributed by atoms with Crippen molar-refractivity contribution in [1.82, 2.24) is 9.47 Å². The highest BCUT2D eigenvalue weighted by atomic mass is 16.5. The predicted molar refractivity (Wildman–Crippen MR) is 119 cm³/mol. The minimum atomic E-state index is -0.439. The van der Waals surface area contributed by atoms with Crippen LogP contribution in [-0.2, 0) is 21.4 Å². The summed E-state index contributed by atoms with van der Waals surface area (Å²) in [6.07, 6.45) is 0.443. The first kappa shape index (κ1) is 22.8. The molecule has 0 spiro atoms. The second kappa shape index (κ2) is 9.09. The Morgan fingerprint density at radius 2 is 1.97 bits per heavy atom. The number of hydrogen-bond acceptors (Lipinski definition) is 6. The Bertz CT molecular complexity index is 1030. The Labute approximate surface area is 182 Å². The van der Waals surface area contributed by atoms with Gasteiger partial charge >= 0.3 is 5.97 Å². The lowest BCUT2D eigenvalue weighted by Gasteiger charge is -2.35. The summed E-state index contributed by atoms with van der Waals surface area (Å²) in [5, 5.41) is 3.56. The lowest BCUT2D eigenvalue weighted by Crippen LogP contribution is -2.48. The third kappa shape index (κ3) is 4.30. The molecule has 2 atom stereocenters. The first-order valence-corrected chi connectivity index (χ1v) is 10.6. The molecule has 2 aromatic rings. The van der Waals surface area contributed by atoms with Gasteiger partial charge in [-0.25, -0.2) is 4.79 Å². The van der Waals surface area contributed by atoms with Gasteiger partial charge in [-0.2, -0.15) is 0 Å². The molecule has 2 heterocycles. The van der Waals surface area contributed by atoms with Crippen molar-refractivity contribution in [1.29, 1.82) is 0 Å². The maximum absolute atomic E-state index is 13.0. The minimum absolute atomic E-state index is 0.00111. The van der Waals surface area contributed by atoms with Crippen LogP contribution in [0.1, 0.15) is 43.2 Å². The number of ether oxygens (including phenoxy) is 2. The van der Waals surface area contributed by atoms with Crippen LogP contribution in [0.3, 0.4) is 0 Å². The van der Waals surface area contributed by atoms with Gasteiger partial charge in [0.15, 0.2) is 0 Å². The van der Waals surface area contributed by atoms with Gasteiger partial charge in [0.25, 0.3) is 0 Å². The smallest absolute Gasteiger partial charge is 0.340 e. The Morgan fingerprint density at radius 1 is 1.26 bits per heavy atom. The first-order chi connectivity index (χ1) is 14.7. The van der Waals surface area contributed by atoms with Crippen molar-refractivity contribution in [3.05, 3.63) is 23.4 Å².